The normalized spacial score (nSPS) is 17.2. The zero-order chi connectivity index (χ0) is 31.0. The van der Waals surface area contributed by atoms with Gasteiger partial charge in [-0.2, -0.15) is 23.5 Å². The summed E-state index contributed by atoms with van der Waals surface area (Å²) in [6, 6.07) is 7.69. The van der Waals surface area contributed by atoms with Crippen LogP contribution in [-0.2, 0) is 4.79 Å². The van der Waals surface area contributed by atoms with E-state index in [4.69, 9.17) is 4.74 Å². The Morgan fingerprint density at radius 3 is 2.60 bits per heavy atom. The number of piperidine rings is 1. The van der Waals surface area contributed by atoms with Crippen molar-refractivity contribution in [2.45, 2.75) is 57.3 Å². The number of fused-ring (bicyclic) bond motifs is 1. The summed E-state index contributed by atoms with van der Waals surface area (Å²) in [6.45, 7) is 6.38. The predicted molar refractivity (Wildman–Crippen MR) is 154 cm³/mol. The molecule has 2 aliphatic heterocycles. The molecule has 0 saturated carbocycles. The third-order valence-electron chi connectivity index (χ3n) is 7.49. The fourth-order valence-corrected chi connectivity index (χ4v) is 5.17. The highest BCUT2D eigenvalue weighted by Gasteiger charge is 2.42. The van der Waals surface area contributed by atoms with Gasteiger partial charge in [-0.15, -0.1) is 0 Å². The second-order valence-electron chi connectivity index (χ2n) is 11.7. The van der Waals surface area contributed by atoms with Gasteiger partial charge in [-0.05, 0) is 58.2 Å². The molecule has 13 heteroatoms. The minimum absolute atomic E-state index is 0.0597. The second-order valence-corrected chi connectivity index (χ2v) is 11.7. The summed E-state index contributed by atoms with van der Waals surface area (Å²) in [5.41, 5.74) is -0.864. The Balaban J connectivity index is 1.29. The lowest BCUT2D eigenvalue weighted by Gasteiger charge is -2.40. The van der Waals surface area contributed by atoms with Crippen LogP contribution in [-0.4, -0.2) is 74.9 Å². The maximum absolute atomic E-state index is 13.4. The van der Waals surface area contributed by atoms with Gasteiger partial charge in [0.25, 0.3) is 5.91 Å². The number of anilines is 1. The van der Waals surface area contributed by atoms with Gasteiger partial charge in [0.2, 0.25) is 0 Å². The van der Waals surface area contributed by atoms with Crippen molar-refractivity contribution in [1.29, 1.82) is 5.26 Å². The van der Waals surface area contributed by atoms with Gasteiger partial charge in [0.05, 0.1) is 34.6 Å². The molecule has 0 aromatic carbocycles. The Morgan fingerprint density at radius 2 is 1.98 bits per heavy atom. The van der Waals surface area contributed by atoms with E-state index in [1.165, 1.54) is 6.20 Å². The Hall–Kier alpha value is -4.44. The maximum Gasteiger partial charge on any atom is 0.418 e. The van der Waals surface area contributed by atoms with Crippen LogP contribution >= 0.6 is 0 Å². The first kappa shape index (κ1) is 30.0. The fraction of sp³-hybridized carbons (Fsp3) is 0.433. The number of aliphatic imine (C=N–C) groups is 1. The largest absolute Gasteiger partial charge is 0.489 e. The number of pyridine rings is 2. The van der Waals surface area contributed by atoms with Gasteiger partial charge in [-0.1, -0.05) is 6.08 Å². The second kappa shape index (κ2) is 11.3. The number of nitrogens with zero attached hydrogens (tertiary/aromatic N) is 6. The molecule has 0 spiro atoms. The number of amides is 1. The number of ether oxygens (including phenoxy) is 1. The van der Waals surface area contributed by atoms with Crippen LogP contribution in [0, 0.1) is 11.3 Å². The maximum atomic E-state index is 13.4. The van der Waals surface area contributed by atoms with E-state index in [0.29, 0.717) is 54.1 Å². The molecule has 1 amide bonds. The van der Waals surface area contributed by atoms with Gasteiger partial charge in [-0.25, -0.2) is 9.50 Å². The molecule has 0 unspecified atom stereocenters. The van der Waals surface area contributed by atoms with Gasteiger partial charge in [-0.3, -0.25) is 9.79 Å². The number of carbonyl (C=O) groups is 1. The van der Waals surface area contributed by atoms with Gasteiger partial charge >= 0.3 is 6.18 Å². The van der Waals surface area contributed by atoms with Crippen LogP contribution < -0.4 is 15.0 Å². The Bertz CT molecular complexity index is 1620. The van der Waals surface area contributed by atoms with Gasteiger partial charge < -0.3 is 20.1 Å². The number of alkyl halides is 3. The van der Waals surface area contributed by atoms with Crippen LogP contribution in [0.1, 0.15) is 45.6 Å². The van der Waals surface area contributed by atoms with E-state index in [2.05, 4.69) is 31.4 Å². The first-order chi connectivity index (χ1) is 20.3. The quantitative estimate of drug-likeness (QED) is 0.419. The molecule has 226 valence electrons. The van der Waals surface area contributed by atoms with E-state index in [1.807, 2.05) is 19.1 Å². The lowest BCUT2D eigenvalue weighted by molar-refractivity contribution is -0.118. The minimum Gasteiger partial charge on any atom is -0.489 e. The van der Waals surface area contributed by atoms with Crippen LogP contribution in [0.4, 0.5) is 19.0 Å². The molecular weight excluding hydrogens is 563 g/mol. The molecule has 1 fully saturated rings. The van der Waals surface area contributed by atoms with Gasteiger partial charge in [0.15, 0.2) is 0 Å². The zero-order valence-corrected chi connectivity index (χ0v) is 24.1. The average Bonchev–Trinajstić information content (AvgIpc) is 3.38. The van der Waals surface area contributed by atoms with Crippen molar-refractivity contribution in [3.8, 4) is 22.9 Å². The molecular formula is C30H32F3N7O3. The highest BCUT2D eigenvalue weighted by molar-refractivity contribution is 6.46. The number of rotatable bonds is 7. The predicted octanol–water partition coefficient (Wildman–Crippen LogP) is 4.23. The van der Waals surface area contributed by atoms with E-state index in [-0.39, 0.29) is 19.6 Å². The number of nitrogens with one attached hydrogen (secondary N) is 1. The molecule has 10 nitrogen and oxygen atoms in total. The van der Waals surface area contributed by atoms with Crippen LogP contribution in [0.5, 0.6) is 5.75 Å². The number of halogens is 3. The third kappa shape index (κ3) is 6.64. The SMILES string of the molecule is CC(C)(O)COc1cc(-c2ccc(N3CCC(C)(NC(=O)C4=NCCC=C4C(F)(F)F)CC3)nc2)c2c(C#N)cnn2c1. The van der Waals surface area contributed by atoms with Crippen LogP contribution in [0.2, 0.25) is 0 Å². The van der Waals surface area contributed by atoms with E-state index in [1.54, 1.807) is 36.8 Å². The number of dihydropyridines is 1. The Kier molecular flexibility index (Phi) is 7.91. The third-order valence-corrected chi connectivity index (χ3v) is 7.49. The molecule has 2 aliphatic rings. The Morgan fingerprint density at radius 1 is 1.23 bits per heavy atom. The summed E-state index contributed by atoms with van der Waals surface area (Å²) in [4.78, 5) is 23.4. The summed E-state index contributed by atoms with van der Waals surface area (Å²) < 4.78 is 47.6. The number of nitriles is 1. The molecule has 3 aromatic rings. The highest BCUT2D eigenvalue weighted by Crippen LogP contribution is 2.33. The lowest BCUT2D eigenvalue weighted by Crippen LogP contribution is -2.55. The smallest absolute Gasteiger partial charge is 0.418 e. The molecule has 5 heterocycles. The number of aliphatic hydroxyl groups is 1. The monoisotopic (exact) mass is 595 g/mol. The summed E-state index contributed by atoms with van der Waals surface area (Å²) in [5.74, 6) is 0.365. The molecule has 0 bridgehead atoms. The molecule has 1 saturated heterocycles. The molecule has 0 atom stereocenters. The molecule has 3 aromatic heterocycles. The standard InChI is InChI=1S/C30H32F3N7O3/c1-28(2,42)18-43-21-13-22(26-20(14-34)16-37-40(26)17-21)19-6-7-24(36-15-19)39-11-8-29(3,9-12-39)38-27(41)25-23(30(31,32)33)5-4-10-35-25/h5-7,13,15-17,42H,4,8-12,18H2,1-3H3,(H,38,41). The van der Waals surface area contributed by atoms with Crippen LogP contribution in [0.25, 0.3) is 16.6 Å². The summed E-state index contributed by atoms with van der Waals surface area (Å²) in [6.07, 6.45) is 2.37. The number of carbonyl (C=O) groups excluding carboxylic acids is 1. The van der Waals surface area contributed by atoms with Gasteiger partial charge in [0.1, 0.15) is 30.0 Å². The van der Waals surface area contributed by atoms with Crippen molar-refractivity contribution in [3.63, 3.8) is 0 Å². The lowest BCUT2D eigenvalue weighted by atomic mass is 9.89. The molecule has 2 N–H and O–H groups in total. The summed E-state index contributed by atoms with van der Waals surface area (Å²) in [7, 11) is 0. The molecule has 0 aliphatic carbocycles. The first-order valence-electron chi connectivity index (χ1n) is 13.9. The minimum atomic E-state index is -4.64. The molecule has 5 rings (SSSR count). The van der Waals surface area contributed by atoms with Crippen LogP contribution in [0.3, 0.4) is 0 Å². The van der Waals surface area contributed by atoms with E-state index < -0.39 is 34.5 Å². The zero-order valence-electron chi connectivity index (χ0n) is 24.1. The first-order valence-corrected chi connectivity index (χ1v) is 13.9. The molecule has 0 radical (unpaired) electrons. The average molecular weight is 596 g/mol. The van der Waals surface area contributed by atoms with E-state index >= 15 is 0 Å². The fourth-order valence-electron chi connectivity index (χ4n) is 5.17. The van der Waals surface area contributed by atoms with Crippen molar-refractivity contribution >= 4 is 23.0 Å². The topological polar surface area (TPSA) is 128 Å². The van der Waals surface area contributed by atoms with Crippen molar-refractivity contribution in [2.75, 3.05) is 31.1 Å². The van der Waals surface area contributed by atoms with Crippen LogP contribution in [0.15, 0.2) is 53.4 Å². The van der Waals surface area contributed by atoms with Crippen molar-refractivity contribution < 1.29 is 27.8 Å². The van der Waals surface area contributed by atoms with Gasteiger partial charge in [0, 0.05) is 42.5 Å². The highest BCUT2D eigenvalue weighted by atomic mass is 19.4. The van der Waals surface area contributed by atoms with Crippen molar-refractivity contribution in [2.24, 2.45) is 4.99 Å². The van der Waals surface area contributed by atoms with E-state index in [9.17, 15) is 28.3 Å². The molecule has 43 heavy (non-hydrogen) atoms. The number of hydrogen-bond donors (Lipinski definition) is 2. The van der Waals surface area contributed by atoms with Crippen molar-refractivity contribution in [1.82, 2.24) is 19.9 Å². The summed E-state index contributed by atoms with van der Waals surface area (Å²) >= 11 is 0. The summed E-state index contributed by atoms with van der Waals surface area (Å²) in [5, 5.41) is 26.8. The van der Waals surface area contributed by atoms with Crippen molar-refractivity contribution in [3.05, 3.63) is 54.0 Å². The number of hydrogen-bond acceptors (Lipinski definition) is 8. The number of aromatic nitrogens is 3. The Labute approximate surface area is 246 Å². The van der Waals surface area contributed by atoms with E-state index in [0.717, 1.165) is 11.6 Å².